The van der Waals surface area contributed by atoms with E-state index in [1.54, 1.807) is 14.0 Å². The van der Waals surface area contributed by atoms with Crippen LogP contribution >= 0.6 is 0 Å². The van der Waals surface area contributed by atoms with Crippen molar-refractivity contribution in [1.82, 2.24) is 54.3 Å². The Morgan fingerprint density at radius 3 is 1.06 bits per heavy atom. The fraction of sp³-hybridized carbons (Fsp3) is 0.952. The number of likely N-dealkylation sites (tertiary alicyclic amines) is 6. The number of nitrogens with one attached hydrogen (secondary N) is 1. The number of amides is 4. The topological polar surface area (TPSA) is 122 Å². The van der Waals surface area contributed by atoms with Gasteiger partial charge < -0.3 is 44.4 Å². The Hall–Kier alpha value is -2.44. The van der Waals surface area contributed by atoms with Crippen LogP contribution in [-0.4, -0.2) is 263 Å². The maximum Gasteiger partial charge on any atom is 0.223 e. The lowest BCUT2D eigenvalue weighted by atomic mass is 9.94. The van der Waals surface area contributed by atoms with E-state index in [1.807, 2.05) is 33.4 Å². The number of piperazine rings is 2. The van der Waals surface area contributed by atoms with E-state index in [0.29, 0.717) is 52.9 Å². The van der Waals surface area contributed by atoms with Gasteiger partial charge in [0.15, 0.2) is 0 Å². The molecule has 8 saturated heterocycles. The van der Waals surface area contributed by atoms with E-state index in [4.69, 9.17) is 4.74 Å². The van der Waals surface area contributed by atoms with Gasteiger partial charge in [0.05, 0.1) is 6.10 Å². The second-order valence-corrected chi connectivity index (χ2v) is 36.1. The van der Waals surface area contributed by atoms with E-state index >= 15 is 0 Å². The van der Waals surface area contributed by atoms with Crippen LogP contribution in [0.3, 0.4) is 0 Å². The molecule has 1 atom stereocenters. The van der Waals surface area contributed by atoms with Gasteiger partial charge >= 0.3 is 0 Å². The van der Waals surface area contributed by atoms with E-state index in [2.05, 4.69) is 236 Å². The number of ether oxygens (including phenoxy) is 1. The molecule has 0 aromatic heterocycles. The first-order chi connectivity index (χ1) is 45.6. The van der Waals surface area contributed by atoms with Gasteiger partial charge in [-0.15, -0.1) is 0 Å². The average Bonchev–Trinajstić information content (AvgIpc) is 1.07. The highest BCUT2D eigenvalue weighted by molar-refractivity contribution is 5.79. The zero-order chi connectivity index (χ0) is 77.1. The van der Waals surface area contributed by atoms with E-state index in [0.717, 1.165) is 115 Å². The molecule has 8 rings (SSSR count). The molecule has 0 bridgehead atoms. The summed E-state index contributed by atoms with van der Waals surface area (Å²) in [5, 5.41) is 3.35. The molecule has 8 heterocycles. The fourth-order valence-corrected chi connectivity index (χ4v) is 11.9. The Labute approximate surface area is 625 Å². The van der Waals surface area contributed by atoms with Crippen molar-refractivity contribution in [3.05, 3.63) is 0 Å². The first kappa shape index (κ1) is 104. The smallest absolute Gasteiger partial charge is 0.223 e. The summed E-state index contributed by atoms with van der Waals surface area (Å²) in [6.07, 6.45) is 21.2. The van der Waals surface area contributed by atoms with Gasteiger partial charge in [-0.2, -0.15) is 0 Å². The molecule has 1 unspecified atom stereocenters. The number of methoxy groups -OCH3 is 1. The molecule has 8 fully saturated rings. The highest BCUT2D eigenvalue weighted by Crippen LogP contribution is 2.25. The summed E-state index contributed by atoms with van der Waals surface area (Å²) in [5.74, 6) is 2.63. The van der Waals surface area contributed by atoms with Crippen molar-refractivity contribution >= 4 is 23.6 Å². The molecule has 16 heteroatoms. The number of rotatable bonds is 6. The van der Waals surface area contributed by atoms with Crippen LogP contribution in [0.15, 0.2) is 0 Å². The lowest BCUT2D eigenvalue weighted by Crippen LogP contribution is -2.54. The lowest BCUT2D eigenvalue weighted by Gasteiger charge is -2.42. The molecular formula is C84H179N11O5. The van der Waals surface area contributed by atoms with Gasteiger partial charge in [-0.3, -0.25) is 33.9 Å². The predicted octanol–water partition coefficient (Wildman–Crippen LogP) is 17.2. The summed E-state index contributed by atoms with van der Waals surface area (Å²) in [7, 11) is 5.85. The van der Waals surface area contributed by atoms with Crippen molar-refractivity contribution in [2.45, 2.75) is 382 Å². The molecule has 0 aliphatic carbocycles. The van der Waals surface area contributed by atoms with Gasteiger partial charge in [-0.25, -0.2) is 0 Å². The van der Waals surface area contributed by atoms with Crippen molar-refractivity contribution < 1.29 is 23.9 Å². The number of carbonyl (C=O) groups is 4. The number of piperidine rings is 3. The molecule has 8 aliphatic heterocycles. The molecular weight excluding hydrogens is 1240 g/mol. The van der Waals surface area contributed by atoms with Gasteiger partial charge in [0.25, 0.3) is 0 Å². The van der Waals surface area contributed by atoms with Crippen LogP contribution in [0.5, 0.6) is 0 Å². The second-order valence-electron chi connectivity index (χ2n) is 36.1. The largest absolute Gasteiger partial charge is 0.382 e. The van der Waals surface area contributed by atoms with Gasteiger partial charge in [0.2, 0.25) is 23.6 Å². The molecule has 1 N–H and O–H groups in total. The zero-order valence-electron chi connectivity index (χ0n) is 72.6. The minimum absolute atomic E-state index is 0. The molecule has 4 amide bonds. The Bertz CT molecular complexity index is 1940. The standard InChI is InChI=1S/C10H20N2O.C10H19NO.C9H17NO.2C9H19N.C8H18N2.C7H13NO.C7H15N.C5H13N.C5H12.C4H10O.CH4/c1-9(13)11-5-7-12(8-6-11)10(2,3)4;1-8-5-6-11(9(12)7-8)10(2,3)4;1-9(2,3)10-7-5-4-6-8(10)11;1-9(2,3)10-7-5-4-6-8-10;1-9(2)10-7-5-3-4-6-8-10;1-8(2,3)10-6-4-9-5-7-10;1-6(2)8-5-3-4-7(8)9;1-7(2)8-5-3-4-6-8;1-5(2)6(3)4;1-4-5(2)3;1-4(2)5-3;/h5-8H2,1-4H3;8H,5-7H2,1-4H3;4-7H2,1-3H3;4-8H2,1-3H3;9H,3-8H2,1-2H3;9H,4-7H2,1-3H3;6H,3-5H2,1-2H3;7H,3-6H2,1-2H3;5H,1-4H3;5H,4H2,1-3H3;4H,1-3H3;1H4. The van der Waals surface area contributed by atoms with E-state index in [-0.39, 0.29) is 30.0 Å². The summed E-state index contributed by atoms with van der Waals surface area (Å²) in [6, 6.07) is 2.63. The number of carbonyl (C=O) groups excluding carboxylic acids is 4. The summed E-state index contributed by atoms with van der Waals surface area (Å²) in [5.41, 5.74) is 1.04. The monoisotopic (exact) mass is 1420 g/mol. The van der Waals surface area contributed by atoms with Gasteiger partial charge in [0, 0.05) is 157 Å². The third-order valence-electron chi connectivity index (χ3n) is 20.0. The molecule has 0 radical (unpaired) electrons. The normalized spacial score (nSPS) is 20.2. The van der Waals surface area contributed by atoms with Crippen LogP contribution in [0.2, 0.25) is 0 Å². The minimum Gasteiger partial charge on any atom is -0.382 e. The summed E-state index contributed by atoms with van der Waals surface area (Å²) < 4.78 is 4.75. The molecule has 0 aromatic rings. The first-order valence-electron chi connectivity index (χ1n) is 40.3. The molecule has 0 spiro atoms. The summed E-state index contributed by atoms with van der Waals surface area (Å²) >= 11 is 0. The Kier molecular flexibility index (Phi) is 57.2. The fourth-order valence-electron chi connectivity index (χ4n) is 11.9. The van der Waals surface area contributed by atoms with Crippen molar-refractivity contribution in [2.75, 3.05) is 132 Å². The highest BCUT2D eigenvalue weighted by Gasteiger charge is 2.32. The lowest BCUT2D eigenvalue weighted by molar-refractivity contribution is -0.140. The SMILES string of the molecule is C.CC(=O)N1CCN(C(C)(C)C)CC1.CC(C)(C)N1CCCCC1.CC(C)(C)N1CCCCC1=O.CC(C)(C)N1CCNCC1.CC(C)N(C)C.CC(C)N1CCCC1.CC(C)N1CCCC1=O.CC(C)N1CCCCCC1.CC1CCN(C(C)(C)C)C(=O)C1.CCC(C)C.COC(C)C. The van der Waals surface area contributed by atoms with Crippen LogP contribution in [0, 0.1) is 11.8 Å². The van der Waals surface area contributed by atoms with E-state index < -0.39 is 0 Å². The van der Waals surface area contributed by atoms with Gasteiger partial charge in [-0.1, -0.05) is 60.8 Å². The van der Waals surface area contributed by atoms with Crippen molar-refractivity contribution in [3.63, 3.8) is 0 Å². The number of hydrogen-bond acceptors (Lipinski definition) is 12. The van der Waals surface area contributed by atoms with Crippen LogP contribution in [0.25, 0.3) is 0 Å². The Morgan fingerprint density at radius 2 is 0.800 bits per heavy atom. The first-order valence-corrected chi connectivity index (χ1v) is 40.3. The van der Waals surface area contributed by atoms with Crippen molar-refractivity contribution in [1.29, 1.82) is 0 Å². The Morgan fingerprint density at radius 1 is 0.460 bits per heavy atom. The number of nitrogens with zero attached hydrogens (tertiary/aromatic N) is 10. The maximum absolute atomic E-state index is 11.6. The molecule has 100 heavy (non-hydrogen) atoms. The van der Waals surface area contributed by atoms with Gasteiger partial charge in [-0.05, 0) is 303 Å². The molecule has 16 nitrogen and oxygen atoms in total. The predicted molar refractivity (Wildman–Crippen MR) is 438 cm³/mol. The molecule has 0 saturated carbocycles. The quantitative estimate of drug-likeness (QED) is 0.272. The van der Waals surface area contributed by atoms with E-state index in [1.165, 1.54) is 123 Å². The highest BCUT2D eigenvalue weighted by atomic mass is 16.5. The summed E-state index contributed by atoms with van der Waals surface area (Å²) in [4.78, 5) is 67.6. The van der Waals surface area contributed by atoms with Crippen LogP contribution in [0.1, 0.15) is 324 Å². The second kappa shape index (κ2) is 55.0. The van der Waals surface area contributed by atoms with Gasteiger partial charge in [0.1, 0.15) is 0 Å². The van der Waals surface area contributed by atoms with Crippen LogP contribution in [0.4, 0.5) is 0 Å². The average molecular weight is 1420 g/mol. The van der Waals surface area contributed by atoms with Crippen LogP contribution < -0.4 is 5.32 Å². The van der Waals surface area contributed by atoms with Crippen molar-refractivity contribution in [3.8, 4) is 0 Å². The van der Waals surface area contributed by atoms with E-state index in [9.17, 15) is 19.2 Å². The van der Waals surface area contributed by atoms with Crippen molar-refractivity contribution in [2.24, 2.45) is 11.8 Å². The minimum atomic E-state index is 0. The zero-order valence-corrected chi connectivity index (χ0v) is 72.6. The maximum atomic E-state index is 11.6. The number of hydrogen-bond donors (Lipinski definition) is 1. The van der Waals surface area contributed by atoms with Crippen LogP contribution in [-0.2, 0) is 23.9 Å². The molecule has 0 aromatic carbocycles. The Balaban J connectivity index is -0.000000512. The third-order valence-corrected chi connectivity index (χ3v) is 20.0. The molecule has 8 aliphatic rings. The molecule has 600 valence electrons. The summed E-state index contributed by atoms with van der Waals surface area (Å²) in [6.45, 7) is 84.3. The third kappa shape index (κ3) is 52.5.